The van der Waals surface area contributed by atoms with Gasteiger partial charge in [-0.15, -0.1) is 0 Å². The van der Waals surface area contributed by atoms with Gasteiger partial charge in [0.1, 0.15) is 13.2 Å². The van der Waals surface area contributed by atoms with E-state index >= 15 is 0 Å². The first-order chi connectivity index (χ1) is 19.3. The van der Waals surface area contributed by atoms with Crippen molar-refractivity contribution in [2.75, 3.05) is 52.6 Å². The molecule has 0 rings (SSSR count). The summed E-state index contributed by atoms with van der Waals surface area (Å²) in [7, 11) is 0. The Labute approximate surface area is 241 Å². The van der Waals surface area contributed by atoms with Gasteiger partial charge in [0, 0.05) is 25.9 Å². The second kappa shape index (κ2) is 24.6. The predicted octanol–water partition coefficient (Wildman–Crippen LogP) is 3.71. The highest BCUT2D eigenvalue weighted by atomic mass is 16.5. The number of hydrogen-bond donors (Lipinski definition) is 2. The lowest BCUT2D eigenvalue weighted by atomic mass is 10.00. The lowest BCUT2D eigenvalue weighted by Gasteiger charge is -2.23. The molecule has 0 aromatic heterocycles. The smallest absolute Gasteiger partial charge is 0.308 e. The molecule has 0 bridgehead atoms. The molecule has 0 fully saturated rings. The molecular weight excluding hydrogens is 516 g/mol. The van der Waals surface area contributed by atoms with Crippen molar-refractivity contribution in [3.8, 4) is 0 Å². The molecule has 0 aliphatic heterocycles. The minimum atomic E-state index is -0.241. The van der Waals surface area contributed by atoms with Crippen LogP contribution in [0.3, 0.4) is 0 Å². The molecule has 10 heteroatoms. The van der Waals surface area contributed by atoms with E-state index < -0.39 is 0 Å². The zero-order valence-electron chi connectivity index (χ0n) is 25.5. The molecule has 0 spiro atoms. The number of ether oxygens (including phenoxy) is 2. The molecule has 2 atom stereocenters. The Morgan fingerprint density at radius 2 is 0.975 bits per heavy atom. The van der Waals surface area contributed by atoms with Crippen LogP contribution in [-0.4, -0.2) is 96.4 Å². The topological polar surface area (TPSA) is 134 Å². The highest BCUT2D eigenvalue weighted by Gasteiger charge is 2.20. The molecule has 0 saturated heterocycles. The van der Waals surface area contributed by atoms with Gasteiger partial charge in [0.15, 0.2) is 0 Å². The lowest BCUT2D eigenvalue weighted by molar-refractivity contribution is -0.151. The third-order valence-corrected chi connectivity index (χ3v) is 7.15. The summed E-state index contributed by atoms with van der Waals surface area (Å²) in [6.07, 6.45) is 8.38. The van der Waals surface area contributed by atoms with E-state index in [-0.39, 0.29) is 101 Å². The molecular formula is C30H56N2O8. The molecule has 0 saturated carbocycles. The van der Waals surface area contributed by atoms with Crippen molar-refractivity contribution < 1.29 is 38.9 Å². The molecule has 234 valence electrons. The Balaban J connectivity index is 4.52. The van der Waals surface area contributed by atoms with E-state index in [0.29, 0.717) is 12.8 Å². The van der Waals surface area contributed by atoms with E-state index in [1.54, 1.807) is 0 Å². The van der Waals surface area contributed by atoms with Crippen LogP contribution in [0.2, 0.25) is 0 Å². The maximum Gasteiger partial charge on any atom is 0.308 e. The van der Waals surface area contributed by atoms with Crippen LogP contribution >= 0.6 is 0 Å². The SMILES string of the molecule is CCCCC(CC)C(=O)OCCN(CCO)C(=O)CCCCC(=O)N(CCO)CCOC(=O)C(CC)CCCC. The second-order valence-electron chi connectivity index (χ2n) is 10.2. The Bertz CT molecular complexity index is 645. The van der Waals surface area contributed by atoms with Gasteiger partial charge in [-0.2, -0.15) is 0 Å². The van der Waals surface area contributed by atoms with Gasteiger partial charge in [-0.25, -0.2) is 0 Å². The maximum absolute atomic E-state index is 12.7. The Morgan fingerprint density at radius 1 is 0.600 bits per heavy atom. The van der Waals surface area contributed by atoms with E-state index in [1.165, 1.54) is 9.80 Å². The first-order valence-electron chi connectivity index (χ1n) is 15.4. The quantitative estimate of drug-likeness (QED) is 0.125. The molecule has 0 aliphatic rings. The summed E-state index contributed by atoms with van der Waals surface area (Å²) in [5.41, 5.74) is 0. The zero-order valence-corrected chi connectivity index (χ0v) is 25.5. The summed E-state index contributed by atoms with van der Waals surface area (Å²) < 4.78 is 10.8. The van der Waals surface area contributed by atoms with Crippen molar-refractivity contribution in [1.29, 1.82) is 0 Å². The molecule has 0 radical (unpaired) electrons. The normalized spacial score (nSPS) is 12.4. The third kappa shape index (κ3) is 16.8. The van der Waals surface area contributed by atoms with Crippen LogP contribution in [0.15, 0.2) is 0 Å². The monoisotopic (exact) mass is 572 g/mol. The number of esters is 2. The zero-order chi connectivity index (χ0) is 30.2. The summed E-state index contributed by atoms with van der Waals surface area (Å²) >= 11 is 0. The van der Waals surface area contributed by atoms with Crippen molar-refractivity contribution in [3.05, 3.63) is 0 Å². The largest absolute Gasteiger partial charge is 0.464 e. The van der Waals surface area contributed by atoms with Crippen LogP contribution < -0.4 is 0 Å². The number of amides is 2. The van der Waals surface area contributed by atoms with Crippen LogP contribution in [0.25, 0.3) is 0 Å². The number of carbonyl (C=O) groups is 4. The van der Waals surface area contributed by atoms with Gasteiger partial charge in [0.05, 0.1) is 38.1 Å². The predicted molar refractivity (Wildman–Crippen MR) is 154 cm³/mol. The van der Waals surface area contributed by atoms with Crippen LogP contribution in [-0.2, 0) is 28.7 Å². The first-order valence-corrected chi connectivity index (χ1v) is 15.4. The standard InChI is InChI=1S/C30H56N2O8/c1-5-9-13-25(7-3)29(37)39-23-19-31(17-21-33)27(35)15-11-12-16-28(36)32(18-22-34)20-24-40-30(38)26(8-4)14-10-6-2/h25-26,33-34H,5-24H2,1-4H3. The van der Waals surface area contributed by atoms with E-state index in [2.05, 4.69) is 13.8 Å². The minimum Gasteiger partial charge on any atom is -0.464 e. The van der Waals surface area contributed by atoms with Crippen LogP contribution in [0.4, 0.5) is 0 Å². The molecule has 40 heavy (non-hydrogen) atoms. The third-order valence-electron chi connectivity index (χ3n) is 7.15. The second-order valence-corrected chi connectivity index (χ2v) is 10.2. The number of hydrogen-bond acceptors (Lipinski definition) is 8. The van der Waals surface area contributed by atoms with E-state index in [1.807, 2.05) is 13.8 Å². The Hall–Kier alpha value is -2.20. The van der Waals surface area contributed by atoms with Gasteiger partial charge in [0.25, 0.3) is 0 Å². The highest BCUT2D eigenvalue weighted by Crippen LogP contribution is 2.15. The molecule has 0 heterocycles. The number of carbonyl (C=O) groups excluding carboxylic acids is 4. The molecule has 2 N–H and O–H groups in total. The molecule has 2 unspecified atom stereocenters. The van der Waals surface area contributed by atoms with Crippen LogP contribution in [0, 0.1) is 11.8 Å². The summed E-state index contributed by atoms with van der Waals surface area (Å²) in [6.45, 7) is 8.62. The minimum absolute atomic E-state index is 0.0873. The van der Waals surface area contributed by atoms with Gasteiger partial charge in [0.2, 0.25) is 11.8 Å². The fourth-order valence-electron chi connectivity index (χ4n) is 4.46. The maximum atomic E-state index is 12.7. The van der Waals surface area contributed by atoms with Crippen molar-refractivity contribution in [1.82, 2.24) is 9.80 Å². The van der Waals surface area contributed by atoms with Gasteiger partial charge >= 0.3 is 11.9 Å². The highest BCUT2D eigenvalue weighted by molar-refractivity contribution is 5.77. The van der Waals surface area contributed by atoms with Crippen LogP contribution in [0.1, 0.15) is 105 Å². The lowest BCUT2D eigenvalue weighted by Crippen LogP contribution is -2.37. The number of aliphatic hydroxyl groups is 2. The number of aliphatic hydroxyl groups excluding tert-OH is 2. The van der Waals surface area contributed by atoms with E-state index in [9.17, 15) is 29.4 Å². The summed E-state index contributed by atoms with van der Waals surface area (Å²) in [4.78, 5) is 52.9. The van der Waals surface area contributed by atoms with Crippen molar-refractivity contribution >= 4 is 23.8 Å². The van der Waals surface area contributed by atoms with Crippen LogP contribution in [0.5, 0.6) is 0 Å². The number of unbranched alkanes of at least 4 members (excludes halogenated alkanes) is 3. The van der Waals surface area contributed by atoms with E-state index in [4.69, 9.17) is 9.47 Å². The average molecular weight is 573 g/mol. The van der Waals surface area contributed by atoms with Crippen molar-refractivity contribution in [3.63, 3.8) is 0 Å². The van der Waals surface area contributed by atoms with E-state index in [0.717, 1.165) is 51.4 Å². The molecule has 0 aromatic carbocycles. The number of nitrogens with zero attached hydrogens (tertiary/aromatic N) is 2. The van der Waals surface area contributed by atoms with Gasteiger partial charge in [-0.1, -0.05) is 53.4 Å². The summed E-state index contributed by atoms with van der Waals surface area (Å²) in [5.74, 6) is -1.07. The molecule has 2 amide bonds. The Morgan fingerprint density at radius 3 is 1.27 bits per heavy atom. The summed E-state index contributed by atoms with van der Waals surface area (Å²) in [6, 6.07) is 0. The molecule has 10 nitrogen and oxygen atoms in total. The first kappa shape index (κ1) is 37.8. The molecule has 0 aliphatic carbocycles. The fourth-order valence-corrected chi connectivity index (χ4v) is 4.46. The van der Waals surface area contributed by atoms with Crippen molar-refractivity contribution in [2.45, 2.75) is 105 Å². The van der Waals surface area contributed by atoms with Gasteiger partial charge in [-0.05, 0) is 38.5 Å². The van der Waals surface area contributed by atoms with Gasteiger partial charge < -0.3 is 29.5 Å². The fraction of sp³-hybridized carbons (Fsp3) is 0.867. The Kier molecular flexibility index (Phi) is 23.2. The summed E-state index contributed by atoms with van der Waals surface area (Å²) in [5, 5.41) is 18.7. The molecule has 0 aromatic rings. The average Bonchev–Trinajstić information content (AvgIpc) is 2.94. The number of rotatable bonds is 25. The van der Waals surface area contributed by atoms with Crippen molar-refractivity contribution in [2.24, 2.45) is 11.8 Å². The van der Waals surface area contributed by atoms with Gasteiger partial charge in [-0.3, -0.25) is 19.2 Å².